The van der Waals surface area contributed by atoms with Gasteiger partial charge in [-0.2, -0.15) is 0 Å². The molecule has 0 spiro atoms. The molecule has 15 heavy (non-hydrogen) atoms. The standard InChI is InChI=1S/C12H21N3/c1-9-12(10-6-4-5-7-10)14-11(8-13-2)15(9)3/h10,13H,4-8H2,1-3H3. The van der Waals surface area contributed by atoms with E-state index in [1.807, 2.05) is 7.05 Å². The van der Waals surface area contributed by atoms with E-state index >= 15 is 0 Å². The first-order valence-corrected chi connectivity index (χ1v) is 5.90. The van der Waals surface area contributed by atoms with Crippen LogP contribution in [-0.2, 0) is 13.6 Å². The highest BCUT2D eigenvalue weighted by Gasteiger charge is 2.23. The quantitative estimate of drug-likeness (QED) is 0.822. The van der Waals surface area contributed by atoms with Gasteiger partial charge in [-0.05, 0) is 26.8 Å². The molecule has 0 radical (unpaired) electrons. The van der Waals surface area contributed by atoms with Gasteiger partial charge in [0.1, 0.15) is 5.82 Å². The van der Waals surface area contributed by atoms with Crippen molar-refractivity contribution >= 4 is 0 Å². The summed E-state index contributed by atoms with van der Waals surface area (Å²) in [5, 5.41) is 3.17. The van der Waals surface area contributed by atoms with Crippen LogP contribution >= 0.6 is 0 Å². The summed E-state index contributed by atoms with van der Waals surface area (Å²) in [6.45, 7) is 3.06. The van der Waals surface area contributed by atoms with Gasteiger partial charge in [0.2, 0.25) is 0 Å². The highest BCUT2D eigenvalue weighted by atomic mass is 15.1. The zero-order chi connectivity index (χ0) is 10.8. The minimum absolute atomic E-state index is 0.724. The van der Waals surface area contributed by atoms with E-state index in [0.717, 1.165) is 18.3 Å². The Kier molecular flexibility index (Phi) is 3.10. The van der Waals surface area contributed by atoms with E-state index in [1.165, 1.54) is 37.1 Å². The van der Waals surface area contributed by atoms with Gasteiger partial charge in [0.15, 0.2) is 0 Å². The first kappa shape index (κ1) is 10.7. The minimum atomic E-state index is 0.724. The second kappa shape index (κ2) is 4.35. The molecule has 3 heteroatoms. The highest BCUT2D eigenvalue weighted by Crippen LogP contribution is 2.35. The molecule has 2 rings (SSSR count). The van der Waals surface area contributed by atoms with Crippen LogP contribution in [0.25, 0.3) is 0 Å². The third kappa shape index (κ3) is 1.93. The van der Waals surface area contributed by atoms with Crippen molar-refractivity contribution in [2.45, 2.75) is 45.1 Å². The summed E-state index contributed by atoms with van der Waals surface area (Å²) in [6, 6.07) is 0. The Bertz CT molecular complexity index is 335. The molecule has 1 aromatic rings. The number of nitrogens with one attached hydrogen (secondary N) is 1. The van der Waals surface area contributed by atoms with Crippen LogP contribution < -0.4 is 5.32 Å². The molecule has 84 valence electrons. The van der Waals surface area contributed by atoms with Crippen molar-refractivity contribution < 1.29 is 0 Å². The van der Waals surface area contributed by atoms with Gasteiger partial charge in [-0.3, -0.25) is 0 Å². The lowest BCUT2D eigenvalue weighted by Crippen LogP contribution is -2.10. The van der Waals surface area contributed by atoms with Gasteiger partial charge in [0.05, 0.1) is 12.2 Å². The third-order valence-electron chi connectivity index (χ3n) is 3.59. The Hall–Kier alpha value is -0.830. The van der Waals surface area contributed by atoms with E-state index in [4.69, 9.17) is 4.98 Å². The number of hydrogen-bond donors (Lipinski definition) is 1. The summed E-state index contributed by atoms with van der Waals surface area (Å²) in [6.07, 6.45) is 5.41. The molecule has 1 heterocycles. The molecular formula is C12H21N3. The SMILES string of the molecule is CNCc1nc(C2CCCC2)c(C)n1C. The Morgan fingerprint density at radius 3 is 2.67 bits per heavy atom. The molecule has 0 atom stereocenters. The van der Waals surface area contributed by atoms with Crippen LogP contribution in [0.15, 0.2) is 0 Å². The van der Waals surface area contributed by atoms with E-state index in [2.05, 4.69) is 23.9 Å². The van der Waals surface area contributed by atoms with Crippen LogP contribution in [-0.4, -0.2) is 16.6 Å². The smallest absolute Gasteiger partial charge is 0.122 e. The first-order valence-electron chi connectivity index (χ1n) is 5.90. The molecule has 1 fully saturated rings. The van der Waals surface area contributed by atoms with Crippen molar-refractivity contribution in [3.05, 3.63) is 17.2 Å². The van der Waals surface area contributed by atoms with Crippen LogP contribution in [0.4, 0.5) is 0 Å². The summed E-state index contributed by atoms with van der Waals surface area (Å²) in [5.74, 6) is 1.89. The van der Waals surface area contributed by atoms with E-state index in [-0.39, 0.29) is 0 Å². The van der Waals surface area contributed by atoms with Crippen molar-refractivity contribution in [1.82, 2.24) is 14.9 Å². The molecule has 0 aliphatic heterocycles. The summed E-state index contributed by atoms with van der Waals surface area (Å²) in [5.41, 5.74) is 2.70. The van der Waals surface area contributed by atoms with Crippen molar-refractivity contribution in [3.8, 4) is 0 Å². The van der Waals surface area contributed by atoms with Gasteiger partial charge in [0, 0.05) is 18.7 Å². The molecule has 1 aliphatic rings. The van der Waals surface area contributed by atoms with E-state index in [0.29, 0.717) is 0 Å². The molecule has 1 N–H and O–H groups in total. The second-order valence-corrected chi connectivity index (χ2v) is 4.57. The summed E-state index contributed by atoms with van der Waals surface area (Å²) in [4.78, 5) is 4.78. The maximum atomic E-state index is 4.78. The van der Waals surface area contributed by atoms with Gasteiger partial charge in [0.25, 0.3) is 0 Å². The maximum absolute atomic E-state index is 4.78. The highest BCUT2D eigenvalue weighted by molar-refractivity contribution is 5.20. The molecule has 0 amide bonds. The first-order chi connectivity index (χ1) is 7.24. The van der Waals surface area contributed by atoms with Crippen LogP contribution in [0, 0.1) is 6.92 Å². The van der Waals surface area contributed by atoms with Crippen molar-refractivity contribution in [2.24, 2.45) is 7.05 Å². The second-order valence-electron chi connectivity index (χ2n) is 4.57. The number of aromatic nitrogens is 2. The van der Waals surface area contributed by atoms with E-state index < -0.39 is 0 Å². The van der Waals surface area contributed by atoms with Crippen LogP contribution in [0.3, 0.4) is 0 Å². The molecule has 1 aromatic heterocycles. The minimum Gasteiger partial charge on any atom is -0.334 e. The predicted octanol–water partition coefficient (Wildman–Crippen LogP) is 2.11. The van der Waals surface area contributed by atoms with Crippen LogP contribution in [0.2, 0.25) is 0 Å². The number of rotatable bonds is 3. The number of nitrogens with zero attached hydrogens (tertiary/aromatic N) is 2. The van der Waals surface area contributed by atoms with Crippen LogP contribution in [0.1, 0.15) is 48.8 Å². The maximum Gasteiger partial charge on any atom is 0.122 e. The van der Waals surface area contributed by atoms with Gasteiger partial charge in [-0.15, -0.1) is 0 Å². The molecular weight excluding hydrogens is 186 g/mol. The average Bonchev–Trinajstić information content (AvgIpc) is 2.82. The summed E-state index contributed by atoms with van der Waals surface area (Å²) < 4.78 is 2.23. The largest absolute Gasteiger partial charge is 0.334 e. The average molecular weight is 207 g/mol. The Morgan fingerprint density at radius 1 is 1.40 bits per heavy atom. The van der Waals surface area contributed by atoms with Crippen LogP contribution in [0.5, 0.6) is 0 Å². The molecule has 1 saturated carbocycles. The van der Waals surface area contributed by atoms with Gasteiger partial charge in [-0.25, -0.2) is 4.98 Å². The fourth-order valence-electron chi connectivity index (χ4n) is 2.56. The third-order valence-corrected chi connectivity index (χ3v) is 3.59. The monoisotopic (exact) mass is 207 g/mol. The zero-order valence-electron chi connectivity index (χ0n) is 10.0. The zero-order valence-corrected chi connectivity index (χ0v) is 10.0. The van der Waals surface area contributed by atoms with Crippen molar-refractivity contribution in [2.75, 3.05) is 7.05 Å². The molecule has 0 bridgehead atoms. The van der Waals surface area contributed by atoms with Gasteiger partial charge in [-0.1, -0.05) is 12.8 Å². The van der Waals surface area contributed by atoms with E-state index in [1.54, 1.807) is 0 Å². The fourth-order valence-corrected chi connectivity index (χ4v) is 2.56. The van der Waals surface area contributed by atoms with Crippen molar-refractivity contribution in [1.29, 1.82) is 0 Å². The van der Waals surface area contributed by atoms with Gasteiger partial charge < -0.3 is 9.88 Å². The molecule has 0 saturated heterocycles. The lowest BCUT2D eigenvalue weighted by atomic mass is 10.0. The summed E-state index contributed by atoms with van der Waals surface area (Å²) >= 11 is 0. The number of imidazole rings is 1. The Morgan fingerprint density at radius 2 is 2.07 bits per heavy atom. The molecule has 0 unspecified atom stereocenters. The topological polar surface area (TPSA) is 29.9 Å². The van der Waals surface area contributed by atoms with Gasteiger partial charge >= 0.3 is 0 Å². The fraction of sp³-hybridized carbons (Fsp3) is 0.750. The lowest BCUT2D eigenvalue weighted by Gasteiger charge is -2.06. The molecule has 3 nitrogen and oxygen atoms in total. The molecule has 1 aliphatic carbocycles. The van der Waals surface area contributed by atoms with E-state index in [9.17, 15) is 0 Å². The Labute approximate surface area is 91.9 Å². The predicted molar refractivity (Wildman–Crippen MR) is 61.9 cm³/mol. The lowest BCUT2D eigenvalue weighted by molar-refractivity contribution is 0.689. The Balaban J connectivity index is 2.27. The van der Waals surface area contributed by atoms with Crippen molar-refractivity contribution in [3.63, 3.8) is 0 Å². The normalized spacial score (nSPS) is 17.5. The number of hydrogen-bond acceptors (Lipinski definition) is 2. The summed E-state index contributed by atoms with van der Waals surface area (Å²) in [7, 11) is 4.09. The molecule has 0 aromatic carbocycles.